The molecular formula is C11H22F2O. The van der Waals surface area contributed by atoms with E-state index in [4.69, 9.17) is 4.74 Å². The second-order valence-corrected chi connectivity index (χ2v) is 4.50. The number of hydrogen-bond acceptors (Lipinski definition) is 1. The first kappa shape index (κ1) is 13.8. The molecule has 0 aliphatic heterocycles. The molecule has 86 valence electrons. The molecule has 0 saturated carbocycles. The van der Waals surface area contributed by atoms with Crippen molar-refractivity contribution in [2.75, 3.05) is 6.61 Å². The van der Waals surface area contributed by atoms with Gasteiger partial charge in [-0.1, -0.05) is 20.3 Å². The summed E-state index contributed by atoms with van der Waals surface area (Å²) in [4.78, 5) is 0. The van der Waals surface area contributed by atoms with Gasteiger partial charge in [0.15, 0.2) is 0 Å². The Bertz CT molecular complexity index is 144. The lowest BCUT2D eigenvalue weighted by atomic mass is 10.0. The molecule has 0 aliphatic carbocycles. The molecule has 14 heavy (non-hydrogen) atoms. The van der Waals surface area contributed by atoms with Gasteiger partial charge in [0.25, 0.3) is 5.92 Å². The fourth-order valence-corrected chi connectivity index (χ4v) is 1.13. The molecule has 0 aromatic carbocycles. The fraction of sp³-hybridized carbons (Fsp3) is 1.00. The van der Waals surface area contributed by atoms with Gasteiger partial charge in [-0.25, -0.2) is 8.78 Å². The van der Waals surface area contributed by atoms with Crippen LogP contribution >= 0.6 is 0 Å². The molecule has 0 bridgehead atoms. The lowest BCUT2D eigenvalue weighted by Gasteiger charge is -2.18. The van der Waals surface area contributed by atoms with E-state index in [1.54, 1.807) is 13.8 Å². The molecular weight excluding hydrogens is 186 g/mol. The van der Waals surface area contributed by atoms with Crippen molar-refractivity contribution >= 4 is 0 Å². The summed E-state index contributed by atoms with van der Waals surface area (Å²) in [6.07, 6.45) is 1.26. The van der Waals surface area contributed by atoms with E-state index < -0.39 is 12.5 Å². The van der Waals surface area contributed by atoms with Crippen LogP contribution in [0, 0.1) is 5.92 Å². The molecule has 0 saturated heterocycles. The van der Waals surface area contributed by atoms with E-state index in [0.29, 0.717) is 12.3 Å². The average Bonchev–Trinajstić information content (AvgIpc) is 2.00. The number of alkyl halides is 2. The molecule has 0 radical (unpaired) electrons. The first-order valence-corrected chi connectivity index (χ1v) is 5.33. The molecule has 1 nitrogen and oxygen atoms in total. The van der Waals surface area contributed by atoms with Crippen molar-refractivity contribution in [3.8, 4) is 0 Å². The van der Waals surface area contributed by atoms with Crippen LogP contribution in [0.4, 0.5) is 8.78 Å². The highest BCUT2D eigenvalue weighted by atomic mass is 19.3. The summed E-state index contributed by atoms with van der Waals surface area (Å²) in [5, 5.41) is 0. The first-order valence-electron chi connectivity index (χ1n) is 5.33. The van der Waals surface area contributed by atoms with Crippen LogP contribution in [0.2, 0.25) is 0 Å². The van der Waals surface area contributed by atoms with Gasteiger partial charge in [0, 0.05) is 6.42 Å². The zero-order chi connectivity index (χ0) is 11.2. The lowest BCUT2D eigenvalue weighted by molar-refractivity contribution is -0.0980. The second kappa shape index (κ2) is 6.33. The molecule has 0 aromatic rings. The van der Waals surface area contributed by atoms with E-state index in [-0.39, 0.29) is 12.5 Å². The Morgan fingerprint density at radius 1 is 1.14 bits per heavy atom. The predicted molar refractivity (Wildman–Crippen MR) is 54.7 cm³/mol. The minimum Gasteiger partial charge on any atom is -0.373 e. The van der Waals surface area contributed by atoms with E-state index >= 15 is 0 Å². The minimum atomic E-state index is -2.65. The molecule has 0 spiro atoms. The second-order valence-electron chi connectivity index (χ2n) is 4.50. The van der Waals surface area contributed by atoms with E-state index in [2.05, 4.69) is 0 Å². The van der Waals surface area contributed by atoms with Crippen molar-refractivity contribution < 1.29 is 13.5 Å². The average molecular weight is 208 g/mol. The van der Waals surface area contributed by atoms with Gasteiger partial charge in [-0.3, -0.25) is 0 Å². The molecule has 0 aromatic heterocycles. The normalized spacial score (nSPS) is 12.9. The number of hydrogen-bond donors (Lipinski definition) is 0. The van der Waals surface area contributed by atoms with Gasteiger partial charge in [0.2, 0.25) is 0 Å². The van der Waals surface area contributed by atoms with Crippen LogP contribution in [-0.4, -0.2) is 18.6 Å². The molecule has 0 rings (SSSR count). The first-order chi connectivity index (χ1) is 6.33. The molecule has 0 aliphatic rings. The zero-order valence-corrected chi connectivity index (χ0v) is 9.65. The van der Waals surface area contributed by atoms with Crippen molar-refractivity contribution in [1.29, 1.82) is 0 Å². The third kappa shape index (κ3) is 8.42. The largest absolute Gasteiger partial charge is 0.373 e. The summed E-state index contributed by atoms with van der Waals surface area (Å²) >= 11 is 0. The van der Waals surface area contributed by atoms with Gasteiger partial charge < -0.3 is 4.74 Å². The number of ether oxygens (including phenoxy) is 1. The standard InChI is InChI=1S/C11H22F2O/c1-9(2)6-5-7-11(12,13)8-14-10(3)4/h9-10H,5-8H2,1-4H3. The third-order valence-corrected chi connectivity index (χ3v) is 1.95. The van der Waals surface area contributed by atoms with Gasteiger partial charge in [0.1, 0.15) is 6.61 Å². The Kier molecular flexibility index (Phi) is 6.25. The third-order valence-electron chi connectivity index (χ3n) is 1.95. The molecule has 0 heterocycles. The summed E-state index contributed by atoms with van der Waals surface area (Å²) in [6.45, 7) is 7.18. The van der Waals surface area contributed by atoms with Gasteiger partial charge in [-0.2, -0.15) is 0 Å². The Hall–Kier alpha value is -0.180. The Labute approximate surface area is 85.8 Å². The highest BCUT2D eigenvalue weighted by Crippen LogP contribution is 2.23. The van der Waals surface area contributed by atoms with Crippen LogP contribution in [0.3, 0.4) is 0 Å². The maximum atomic E-state index is 13.1. The van der Waals surface area contributed by atoms with Gasteiger partial charge in [0.05, 0.1) is 6.10 Å². The van der Waals surface area contributed by atoms with Gasteiger partial charge in [-0.15, -0.1) is 0 Å². The highest BCUT2D eigenvalue weighted by molar-refractivity contribution is 4.66. The summed E-state index contributed by atoms with van der Waals surface area (Å²) in [5.41, 5.74) is 0. The number of halogens is 2. The van der Waals surface area contributed by atoms with Crippen molar-refractivity contribution in [3.05, 3.63) is 0 Å². The van der Waals surface area contributed by atoms with Crippen LogP contribution in [0.1, 0.15) is 47.0 Å². The van der Waals surface area contributed by atoms with E-state index in [1.165, 1.54) is 0 Å². The summed E-state index contributed by atoms with van der Waals surface area (Å²) in [5.74, 6) is -2.16. The SMILES string of the molecule is CC(C)CCCC(F)(F)COC(C)C. The fourth-order valence-electron chi connectivity index (χ4n) is 1.13. The van der Waals surface area contributed by atoms with E-state index in [1.807, 2.05) is 13.8 Å². The highest BCUT2D eigenvalue weighted by Gasteiger charge is 2.28. The Morgan fingerprint density at radius 3 is 2.14 bits per heavy atom. The zero-order valence-electron chi connectivity index (χ0n) is 9.65. The molecule has 0 amide bonds. The van der Waals surface area contributed by atoms with Crippen molar-refractivity contribution in [2.45, 2.75) is 59.0 Å². The van der Waals surface area contributed by atoms with E-state index in [0.717, 1.165) is 6.42 Å². The smallest absolute Gasteiger partial charge is 0.271 e. The van der Waals surface area contributed by atoms with Gasteiger partial charge in [-0.05, 0) is 26.2 Å². The van der Waals surface area contributed by atoms with Crippen molar-refractivity contribution in [1.82, 2.24) is 0 Å². The van der Waals surface area contributed by atoms with Crippen LogP contribution in [0.15, 0.2) is 0 Å². The van der Waals surface area contributed by atoms with Gasteiger partial charge >= 0.3 is 0 Å². The van der Waals surface area contributed by atoms with Crippen LogP contribution in [0.25, 0.3) is 0 Å². The summed E-state index contributed by atoms with van der Waals surface area (Å²) in [7, 11) is 0. The summed E-state index contributed by atoms with van der Waals surface area (Å²) in [6, 6.07) is 0. The van der Waals surface area contributed by atoms with Crippen LogP contribution in [-0.2, 0) is 4.74 Å². The topological polar surface area (TPSA) is 9.23 Å². The number of rotatable bonds is 7. The molecule has 3 heteroatoms. The predicted octanol–water partition coefficient (Wildman–Crippen LogP) is 3.87. The monoisotopic (exact) mass is 208 g/mol. The maximum absolute atomic E-state index is 13.1. The molecule has 0 unspecified atom stereocenters. The van der Waals surface area contributed by atoms with E-state index in [9.17, 15) is 8.78 Å². The van der Waals surface area contributed by atoms with Crippen molar-refractivity contribution in [2.24, 2.45) is 5.92 Å². The molecule has 0 atom stereocenters. The minimum absolute atomic E-state index is 0.0576. The Morgan fingerprint density at radius 2 is 1.71 bits per heavy atom. The van der Waals surface area contributed by atoms with Crippen LogP contribution in [0.5, 0.6) is 0 Å². The molecule has 0 N–H and O–H groups in total. The lowest BCUT2D eigenvalue weighted by Crippen LogP contribution is -2.25. The molecule has 0 fully saturated rings. The quantitative estimate of drug-likeness (QED) is 0.617. The maximum Gasteiger partial charge on any atom is 0.271 e. The summed E-state index contributed by atoms with van der Waals surface area (Å²) < 4.78 is 31.1. The Balaban J connectivity index is 3.61. The van der Waals surface area contributed by atoms with Crippen molar-refractivity contribution in [3.63, 3.8) is 0 Å². The van der Waals surface area contributed by atoms with Crippen LogP contribution < -0.4 is 0 Å².